The van der Waals surface area contributed by atoms with Crippen LogP contribution in [0, 0.1) is 0 Å². The van der Waals surface area contributed by atoms with Crippen LogP contribution in [0.4, 0.5) is 5.69 Å². The Labute approximate surface area is 132 Å². The van der Waals surface area contributed by atoms with Gasteiger partial charge < -0.3 is 21.3 Å². The molecule has 0 saturated carbocycles. The molecule has 0 saturated heterocycles. The van der Waals surface area contributed by atoms with E-state index < -0.39 is 24.0 Å². The molecule has 0 aliphatic rings. The third kappa shape index (κ3) is 6.79. The maximum Gasteiger partial charge on any atom is 0.323 e. The summed E-state index contributed by atoms with van der Waals surface area (Å²) in [7, 11) is 0. The zero-order chi connectivity index (χ0) is 17.2. The summed E-state index contributed by atoms with van der Waals surface area (Å²) in [6.07, 6.45) is 0.944. The molecule has 0 heterocycles. The fourth-order valence-electron chi connectivity index (χ4n) is 1.82. The van der Waals surface area contributed by atoms with Gasteiger partial charge in [-0.15, -0.1) is 0 Å². The first kappa shape index (κ1) is 18.4. The van der Waals surface area contributed by atoms with Gasteiger partial charge in [0.05, 0.1) is 0 Å². The normalized spacial score (nSPS) is 12.8. The monoisotopic (exact) mass is 321 g/mol. The summed E-state index contributed by atoms with van der Waals surface area (Å²) in [4.78, 5) is 25.0. The first-order valence-electron chi connectivity index (χ1n) is 6.98. The van der Waals surface area contributed by atoms with Crippen LogP contribution in [0.3, 0.4) is 0 Å². The van der Waals surface area contributed by atoms with Gasteiger partial charge >= 0.3 is 11.9 Å². The number of carboxylic acid groups (broad SMARTS) is 1. The topological polar surface area (TPSA) is 164 Å². The molecule has 0 aliphatic carbocycles. The van der Waals surface area contributed by atoms with E-state index in [0.29, 0.717) is 24.1 Å². The first-order chi connectivity index (χ1) is 10.9. The number of azide groups is 1. The van der Waals surface area contributed by atoms with E-state index in [1.54, 1.807) is 24.3 Å². The standard InChI is InChI=1S/C14H19N5O4/c15-11(13(20)21)5-2-6-12(16)14(22)23-8-9-3-1-4-10(7-9)18-19-17/h1,3-4,7,11-12H,2,5-6,8,15-16H2,(H,20,21)/t11-,12?/m0/s1. The number of nitrogens with zero attached hydrogens (tertiary/aromatic N) is 3. The second-order valence-electron chi connectivity index (χ2n) is 4.95. The molecule has 1 aromatic carbocycles. The van der Waals surface area contributed by atoms with Gasteiger partial charge in [0.15, 0.2) is 0 Å². The summed E-state index contributed by atoms with van der Waals surface area (Å²) >= 11 is 0. The number of carboxylic acids is 1. The van der Waals surface area contributed by atoms with Crippen molar-refractivity contribution in [3.05, 3.63) is 40.3 Å². The van der Waals surface area contributed by atoms with Crippen LogP contribution >= 0.6 is 0 Å². The largest absolute Gasteiger partial charge is 0.480 e. The molecule has 0 spiro atoms. The van der Waals surface area contributed by atoms with Crippen molar-refractivity contribution >= 4 is 17.6 Å². The van der Waals surface area contributed by atoms with Gasteiger partial charge in [-0.05, 0) is 36.4 Å². The van der Waals surface area contributed by atoms with Crippen molar-refractivity contribution in [1.82, 2.24) is 0 Å². The van der Waals surface area contributed by atoms with Crippen LogP contribution in [0.2, 0.25) is 0 Å². The minimum absolute atomic E-state index is 0.00988. The Morgan fingerprint density at radius 3 is 2.65 bits per heavy atom. The molecule has 0 aliphatic heterocycles. The van der Waals surface area contributed by atoms with Crippen molar-refractivity contribution in [2.75, 3.05) is 0 Å². The number of esters is 1. The van der Waals surface area contributed by atoms with Crippen molar-refractivity contribution in [2.45, 2.75) is 38.0 Å². The Bertz CT molecular complexity index is 601. The predicted molar refractivity (Wildman–Crippen MR) is 82.5 cm³/mol. The van der Waals surface area contributed by atoms with Crippen LogP contribution in [-0.4, -0.2) is 29.1 Å². The lowest BCUT2D eigenvalue weighted by Crippen LogP contribution is -2.34. The quantitative estimate of drug-likeness (QED) is 0.270. The Kier molecular flexibility index (Phi) is 7.55. The van der Waals surface area contributed by atoms with Crippen molar-refractivity contribution in [3.63, 3.8) is 0 Å². The van der Waals surface area contributed by atoms with Crippen LogP contribution in [0.15, 0.2) is 29.4 Å². The van der Waals surface area contributed by atoms with E-state index in [0.717, 1.165) is 0 Å². The van der Waals surface area contributed by atoms with Crippen molar-refractivity contribution in [3.8, 4) is 0 Å². The highest BCUT2D eigenvalue weighted by Gasteiger charge is 2.17. The third-order valence-electron chi connectivity index (χ3n) is 3.10. The van der Waals surface area contributed by atoms with Gasteiger partial charge in [0.1, 0.15) is 18.7 Å². The number of hydrogen-bond donors (Lipinski definition) is 3. The molecule has 1 aromatic rings. The summed E-state index contributed by atoms with van der Waals surface area (Å²) in [6.45, 7) is 0.00988. The second-order valence-corrected chi connectivity index (χ2v) is 4.95. The lowest BCUT2D eigenvalue weighted by molar-refractivity contribution is -0.146. The van der Waals surface area contributed by atoms with E-state index in [4.69, 9.17) is 26.8 Å². The molecule has 1 rings (SSSR count). The second kappa shape index (κ2) is 9.42. The van der Waals surface area contributed by atoms with Crippen LogP contribution < -0.4 is 11.5 Å². The van der Waals surface area contributed by atoms with E-state index in [9.17, 15) is 9.59 Å². The molecule has 0 fully saturated rings. The average Bonchev–Trinajstić information content (AvgIpc) is 2.52. The summed E-state index contributed by atoms with van der Waals surface area (Å²) in [5.41, 5.74) is 20.5. The number of rotatable bonds is 9. The van der Waals surface area contributed by atoms with E-state index in [1.165, 1.54) is 0 Å². The zero-order valence-electron chi connectivity index (χ0n) is 12.5. The molecule has 0 radical (unpaired) electrons. The van der Waals surface area contributed by atoms with Gasteiger partial charge in [0.25, 0.3) is 0 Å². The molecule has 124 valence electrons. The maximum atomic E-state index is 11.8. The van der Waals surface area contributed by atoms with Gasteiger partial charge in [-0.2, -0.15) is 0 Å². The fraction of sp³-hybridized carbons (Fsp3) is 0.429. The minimum atomic E-state index is -1.08. The number of nitrogens with two attached hydrogens (primary N) is 2. The molecule has 5 N–H and O–H groups in total. The van der Waals surface area contributed by atoms with Gasteiger partial charge in [0, 0.05) is 10.6 Å². The Morgan fingerprint density at radius 2 is 2.00 bits per heavy atom. The van der Waals surface area contributed by atoms with Crippen molar-refractivity contribution in [1.29, 1.82) is 0 Å². The summed E-state index contributed by atoms with van der Waals surface area (Å²) in [5.74, 6) is -1.66. The number of benzene rings is 1. The third-order valence-corrected chi connectivity index (χ3v) is 3.10. The highest BCUT2D eigenvalue weighted by molar-refractivity contribution is 5.75. The molecule has 23 heavy (non-hydrogen) atoms. The van der Waals surface area contributed by atoms with E-state index in [1.807, 2.05) is 0 Å². The Morgan fingerprint density at radius 1 is 1.30 bits per heavy atom. The fourth-order valence-corrected chi connectivity index (χ4v) is 1.82. The van der Waals surface area contributed by atoms with E-state index >= 15 is 0 Å². The Hall–Kier alpha value is -2.61. The van der Waals surface area contributed by atoms with Crippen molar-refractivity contribution in [2.24, 2.45) is 16.6 Å². The van der Waals surface area contributed by atoms with Crippen LogP contribution in [-0.2, 0) is 20.9 Å². The highest BCUT2D eigenvalue weighted by Crippen LogP contribution is 2.15. The minimum Gasteiger partial charge on any atom is -0.480 e. The molecule has 0 amide bonds. The summed E-state index contributed by atoms with van der Waals surface area (Å²) in [6, 6.07) is 4.84. The van der Waals surface area contributed by atoms with Gasteiger partial charge in [0.2, 0.25) is 0 Å². The number of carbonyl (C=O) groups is 2. The number of aliphatic carboxylic acids is 1. The molecular weight excluding hydrogens is 302 g/mol. The van der Waals surface area contributed by atoms with Crippen LogP contribution in [0.25, 0.3) is 10.4 Å². The first-order valence-corrected chi connectivity index (χ1v) is 6.98. The number of hydrogen-bond acceptors (Lipinski definition) is 6. The van der Waals surface area contributed by atoms with Crippen LogP contribution in [0.1, 0.15) is 24.8 Å². The van der Waals surface area contributed by atoms with Gasteiger partial charge in [-0.25, -0.2) is 0 Å². The molecule has 1 unspecified atom stereocenters. The summed E-state index contributed by atoms with van der Waals surface area (Å²) < 4.78 is 5.08. The average molecular weight is 321 g/mol. The molecule has 0 aromatic heterocycles. The molecule has 2 atom stereocenters. The summed E-state index contributed by atoms with van der Waals surface area (Å²) in [5, 5.41) is 12.1. The lowest BCUT2D eigenvalue weighted by Gasteiger charge is -2.12. The van der Waals surface area contributed by atoms with Gasteiger partial charge in [-0.3, -0.25) is 9.59 Å². The smallest absolute Gasteiger partial charge is 0.323 e. The maximum absolute atomic E-state index is 11.8. The zero-order valence-corrected chi connectivity index (χ0v) is 12.5. The van der Waals surface area contributed by atoms with E-state index in [-0.39, 0.29) is 13.0 Å². The number of ether oxygens (including phenoxy) is 1. The predicted octanol–water partition coefficient (Wildman–Crippen LogP) is 1.58. The van der Waals surface area contributed by atoms with Crippen LogP contribution in [0.5, 0.6) is 0 Å². The molecule has 0 bridgehead atoms. The highest BCUT2D eigenvalue weighted by atomic mass is 16.5. The molecular formula is C14H19N5O4. The van der Waals surface area contributed by atoms with Crippen molar-refractivity contribution < 1.29 is 19.4 Å². The van der Waals surface area contributed by atoms with E-state index in [2.05, 4.69) is 10.0 Å². The van der Waals surface area contributed by atoms with Gasteiger partial charge in [-0.1, -0.05) is 23.3 Å². The SMILES string of the molecule is [N-]=[N+]=Nc1cccc(COC(=O)C(N)CCC[C@H](N)C(=O)O)c1. The Balaban J connectivity index is 2.39. The molecule has 9 heteroatoms. The molecule has 9 nitrogen and oxygen atoms in total. The number of carbonyl (C=O) groups excluding carboxylic acids is 1. The lowest BCUT2D eigenvalue weighted by atomic mass is 10.1.